The van der Waals surface area contributed by atoms with Gasteiger partial charge >= 0.3 is 0 Å². The van der Waals surface area contributed by atoms with Crippen LogP contribution in [-0.2, 0) is 0 Å². The number of nitrogens with zero attached hydrogens (tertiary/aromatic N) is 2. The minimum Gasteiger partial charge on any atom is -0.348 e. The minimum absolute atomic E-state index is 0.0406. The zero-order valence-electron chi connectivity index (χ0n) is 12.4. The highest BCUT2D eigenvalue weighted by Gasteiger charge is 2.19. The molecule has 0 radical (unpaired) electrons. The van der Waals surface area contributed by atoms with Crippen LogP contribution in [0.5, 0.6) is 0 Å². The van der Waals surface area contributed by atoms with Gasteiger partial charge in [0.25, 0.3) is 0 Å². The second-order valence-corrected chi connectivity index (χ2v) is 6.21. The van der Waals surface area contributed by atoms with E-state index in [1.165, 1.54) is 37.7 Å². The highest BCUT2D eigenvalue weighted by atomic mass is 15.1. The van der Waals surface area contributed by atoms with E-state index in [1.807, 2.05) is 19.4 Å². The average Bonchev–Trinajstić information content (AvgIpc) is 2.40. The van der Waals surface area contributed by atoms with Crippen molar-refractivity contribution in [2.24, 2.45) is 0 Å². The Balaban J connectivity index is 1.97. The normalized spacial score (nSPS) is 17.4. The Morgan fingerprint density at radius 2 is 1.79 bits per heavy atom. The summed E-state index contributed by atoms with van der Waals surface area (Å²) in [6, 6.07) is 0. The number of nitrogens with one attached hydrogen (secondary N) is 2. The SMILES string of the molecule is CNCC(C)(C)Nc1ncc(C2CCCCC2)cn1. The molecule has 0 atom stereocenters. The van der Waals surface area contributed by atoms with Crippen molar-refractivity contribution < 1.29 is 0 Å². The summed E-state index contributed by atoms with van der Waals surface area (Å²) in [4.78, 5) is 8.94. The van der Waals surface area contributed by atoms with Crippen molar-refractivity contribution in [3.63, 3.8) is 0 Å². The van der Waals surface area contributed by atoms with Crippen LogP contribution in [0.25, 0.3) is 0 Å². The summed E-state index contributed by atoms with van der Waals surface area (Å²) in [5.74, 6) is 1.40. The number of aromatic nitrogens is 2. The van der Waals surface area contributed by atoms with E-state index in [1.54, 1.807) is 0 Å². The van der Waals surface area contributed by atoms with Crippen molar-refractivity contribution in [1.29, 1.82) is 0 Å². The van der Waals surface area contributed by atoms with Gasteiger partial charge in [-0.25, -0.2) is 9.97 Å². The summed E-state index contributed by atoms with van der Waals surface area (Å²) >= 11 is 0. The van der Waals surface area contributed by atoms with Gasteiger partial charge in [-0.05, 0) is 45.2 Å². The maximum Gasteiger partial charge on any atom is 0.223 e. The molecule has 4 heteroatoms. The van der Waals surface area contributed by atoms with Crippen LogP contribution in [-0.4, -0.2) is 29.1 Å². The summed E-state index contributed by atoms with van der Waals surface area (Å²) in [6.45, 7) is 5.16. The van der Waals surface area contributed by atoms with E-state index < -0.39 is 0 Å². The number of hydrogen-bond donors (Lipinski definition) is 2. The monoisotopic (exact) mass is 262 g/mol. The summed E-state index contributed by atoms with van der Waals surface area (Å²) in [5, 5.41) is 6.54. The van der Waals surface area contributed by atoms with Crippen LogP contribution in [0.4, 0.5) is 5.95 Å². The van der Waals surface area contributed by atoms with Crippen LogP contribution >= 0.6 is 0 Å². The fraction of sp³-hybridized carbons (Fsp3) is 0.733. The number of hydrogen-bond acceptors (Lipinski definition) is 4. The summed E-state index contributed by atoms with van der Waals surface area (Å²) in [7, 11) is 1.95. The summed E-state index contributed by atoms with van der Waals surface area (Å²) in [6.07, 6.45) is 10.7. The second-order valence-electron chi connectivity index (χ2n) is 6.21. The minimum atomic E-state index is -0.0406. The van der Waals surface area contributed by atoms with E-state index in [0.717, 1.165) is 12.5 Å². The molecule has 106 valence electrons. The Bertz CT molecular complexity index is 380. The smallest absolute Gasteiger partial charge is 0.223 e. The Kier molecular flexibility index (Phi) is 4.75. The van der Waals surface area contributed by atoms with E-state index in [2.05, 4.69) is 34.4 Å². The van der Waals surface area contributed by atoms with Crippen LogP contribution in [0.1, 0.15) is 57.4 Å². The Morgan fingerprint density at radius 3 is 2.37 bits per heavy atom. The second kappa shape index (κ2) is 6.33. The molecule has 1 aliphatic carbocycles. The van der Waals surface area contributed by atoms with Gasteiger partial charge in [0.1, 0.15) is 0 Å². The van der Waals surface area contributed by atoms with Gasteiger partial charge in [0, 0.05) is 24.5 Å². The first-order valence-electron chi connectivity index (χ1n) is 7.35. The molecule has 0 spiro atoms. The van der Waals surface area contributed by atoms with Crippen LogP contribution in [0, 0.1) is 0 Å². The molecule has 1 aromatic rings. The van der Waals surface area contributed by atoms with Crippen LogP contribution in [0.2, 0.25) is 0 Å². The van der Waals surface area contributed by atoms with E-state index in [9.17, 15) is 0 Å². The molecular weight excluding hydrogens is 236 g/mol. The van der Waals surface area contributed by atoms with Gasteiger partial charge in [-0.15, -0.1) is 0 Å². The standard InChI is InChI=1S/C15H26N4/c1-15(2,11-16-3)19-14-17-9-13(10-18-14)12-7-5-4-6-8-12/h9-10,12,16H,4-8,11H2,1-3H3,(H,17,18,19). The molecule has 0 bridgehead atoms. The molecule has 0 saturated heterocycles. The van der Waals surface area contributed by atoms with Crippen molar-refractivity contribution in [3.8, 4) is 0 Å². The quantitative estimate of drug-likeness (QED) is 0.856. The van der Waals surface area contributed by atoms with Crippen molar-refractivity contribution in [3.05, 3.63) is 18.0 Å². The van der Waals surface area contributed by atoms with Crippen molar-refractivity contribution in [2.45, 2.75) is 57.4 Å². The highest BCUT2D eigenvalue weighted by Crippen LogP contribution is 2.31. The Morgan fingerprint density at radius 1 is 1.16 bits per heavy atom. The lowest BCUT2D eigenvalue weighted by atomic mass is 9.85. The fourth-order valence-electron chi connectivity index (χ4n) is 2.84. The third-order valence-corrected chi connectivity index (χ3v) is 3.82. The highest BCUT2D eigenvalue weighted by molar-refractivity contribution is 5.29. The number of rotatable bonds is 5. The molecule has 0 unspecified atom stereocenters. The molecule has 19 heavy (non-hydrogen) atoms. The Labute approximate surface area is 116 Å². The predicted molar refractivity (Wildman–Crippen MR) is 79.5 cm³/mol. The van der Waals surface area contributed by atoms with Crippen molar-refractivity contribution in [2.75, 3.05) is 18.9 Å². The maximum atomic E-state index is 4.47. The van der Waals surface area contributed by atoms with Crippen LogP contribution < -0.4 is 10.6 Å². The first-order valence-corrected chi connectivity index (χ1v) is 7.35. The number of anilines is 1. The van der Waals surface area contributed by atoms with Crippen LogP contribution in [0.3, 0.4) is 0 Å². The molecule has 1 aliphatic rings. The van der Waals surface area contributed by atoms with Crippen LogP contribution in [0.15, 0.2) is 12.4 Å². The molecule has 0 aromatic carbocycles. The van der Waals surface area contributed by atoms with Gasteiger partial charge in [0.15, 0.2) is 0 Å². The van der Waals surface area contributed by atoms with Gasteiger partial charge < -0.3 is 10.6 Å². The largest absolute Gasteiger partial charge is 0.348 e. The van der Waals surface area contributed by atoms with E-state index in [4.69, 9.17) is 0 Å². The third kappa shape index (κ3) is 4.16. The lowest BCUT2D eigenvalue weighted by molar-refractivity contribution is 0.442. The molecule has 2 rings (SSSR count). The van der Waals surface area contributed by atoms with E-state index in [0.29, 0.717) is 5.92 Å². The lowest BCUT2D eigenvalue weighted by Gasteiger charge is -2.26. The first kappa shape index (κ1) is 14.3. The third-order valence-electron chi connectivity index (χ3n) is 3.82. The molecule has 2 N–H and O–H groups in total. The Hall–Kier alpha value is -1.16. The first-order chi connectivity index (χ1) is 9.11. The van der Waals surface area contributed by atoms with E-state index >= 15 is 0 Å². The molecular formula is C15H26N4. The molecule has 1 fully saturated rings. The average molecular weight is 262 g/mol. The van der Waals surface area contributed by atoms with Crippen molar-refractivity contribution >= 4 is 5.95 Å². The fourth-order valence-corrected chi connectivity index (χ4v) is 2.84. The molecule has 4 nitrogen and oxygen atoms in total. The van der Waals surface area contributed by atoms with Gasteiger partial charge in [-0.3, -0.25) is 0 Å². The van der Waals surface area contributed by atoms with Gasteiger partial charge in [-0.2, -0.15) is 0 Å². The van der Waals surface area contributed by atoms with Gasteiger partial charge in [0.2, 0.25) is 5.95 Å². The molecule has 1 heterocycles. The molecule has 0 aliphatic heterocycles. The lowest BCUT2D eigenvalue weighted by Crippen LogP contribution is -2.41. The summed E-state index contributed by atoms with van der Waals surface area (Å²) < 4.78 is 0. The zero-order valence-corrected chi connectivity index (χ0v) is 12.4. The summed E-state index contributed by atoms with van der Waals surface area (Å²) in [5.41, 5.74) is 1.26. The molecule has 0 amide bonds. The van der Waals surface area contributed by atoms with Gasteiger partial charge in [0.05, 0.1) is 0 Å². The maximum absolute atomic E-state index is 4.47. The predicted octanol–water partition coefficient (Wildman–Crippen LogP) is 2.93. The zero-order chi connectivity index (χ0) is 13.7. The van der Waals surface area contributed by atoms with Gasteiger partial charge in [-0.1, -0.05) is 19.3 Å². The molecule has 1 saturated carbocycles. The molecule has 1 aromatic heterocycles. The number of likely N-dealkylation sites (N-methyl/N-ethyl adjacent to an activating group) is 1. The van der Waals surface area contributed by atoms with Crippen molar-refractivity contribution in [1.82, 2.24) is 15.3 Å². The van der Waals surface area contributed by atoms with E-state index in [-0.39, 0.29) is 5.54 Å². The topological polar surface area (TPSA) is 49.8 Å².